The largest absolute Gasteiger partial charge is 0.465 e. The summed E-state index contributed by atoms with van der Waals surface area (Å²) in [6.07, 6.45) is 0. The second-order valence-electron chi connectivity index (χ2n) is 9.54. The molecular formula is C29H25ClN2O6. The standard InChI is InChI=1S/C29H25ClN2O6/c1-29(2,3)19-9-15-22(16-10-19)38-28(36)18-5-11-20(12-6-18)31-24-23(30)25(33)32(26(24)34)21-13-7-17(8-14-21)27(35)37-4/h5-16,31H,1-4H3. The van der Waals surface area contributed by atoms with E-state index in [2.05, 4.69) is 30.8 Å². The molecule has 0 saturated carbocycles. The maximum atomic E-state index is 13.0. The van der Waals surface area contributed by atoms with Crippen LogP contribution in [0.25, 0.3) is 0 Å². The van der Waals surface area contributed by atoms with Gasteiger partial charge in [0.1, 0.15) is 16.5 Å². The maximum absolute atomic E-state index is 13.0. The molecule has 3 aromatic carbocycles. The van der Waals surface area contributed by atoms with Gasteiger partial charge in [-0.25, -0.2) is 14.5 Å². The number of carbonyl (C=O) groups excluding carboxylic acids is 4. The molecule has 38 heavy (non-hydrogen) atoms. The molecule has 9 heteroatoms. The average Bonchev–Trinajstić information content (AvgIpc) is 3.11. The van der Waals surface area contributed by atoms with Gasteiger partial charge in [0, 0.05) is 5.69 Å². The summed E-state index contributed by atoms with van der Waals surface area (Å²) in [6.45, 7) is 6.30. The average molecular weight is 533 g/mol. The van der Waals surface area contributed by atoms with Crippen LogP contribution < -0.4 is 15.0 Å². The summed E-state index contributed by atoms with van der Waals surface area (Å²) in [5.74, 6) is -2.02. The van der Waals surface area contributed by atoms with Crippen molar-refractivity contribution >= 4 is 46.7 Å². The lowest BCUT2D eigenvalue weighted by molar-refractivity contribution is -0.120. The van der Waals surface area contributed by atoms with Gasteiger partial charge in [0.25, 0.3) is 11.8 Å². The van der Waals surface area contributed by atoms with E-state index in [1.807, 2.05) is 12.1 Å². The summed E-state index contributed by atoms with van der Waals surface area (Å²) in [4.78, 5) is 50.8. The molecule has 1 N–H and O–H groups in total. The zero-order valence-corrected chi connectivity index (χ0v) is 22.0. The van der Waals surface area contributed by atoms with E-state index in [1.165, 1.54) is 43.5 Å². The first kappa shape index (κ1) is 26.6. The Balaban J connectivity index is 1.43. The number of anilines is 2. The lowest BCUT2D eigenvalue weighted by Gasteiger charge is -2.19. The highest BCUT2D eigenvalue weighted by Crippen LogP contribution is 2.30. The van der Waals surface area contributed by atoms with Crippen LogP contribution in [0.15, 0.2) is 83.5 Å². The van der Waals surface area contributed by atoms with Gasteiger partial charge in [0.05, 0.1) is 23.9 Å². The summed E-state index contributed by atoms with van der Waals surface area (Å²) in [5, 5.41) is 2.57. The van der Waals surface area contributed by atoms with Crippen LogP contribution in [0.3, 0.4) is 0 Å². The van der Waals surface area contributed by atoms with Crippen LogP contribution in [0.2, 0.25) is 0 Å². The molecule has 1 aliphatic rings. The smallest absolute Gasteiger partial charge is 0.343 e. The molecule has 0 radical (unpaired) electrons. The van der Waals surface area contributed by atoms with Gasteiger partial charge in [-0.05, 0) is 71.6 Å². The molecule has 1 heterocycles. The predicted octanol–water partition coefficient (Wildman–Crippen LogP) is 5.43. The monoisotopic (exact) mass is 532 g/mol. The minimum absolute atomic E-state index is 0.0127. The molecule has 0 unspecified atom stereocenters. The normalized spacial score (nSPS) is 13.6. The number of hydrogen-bond donors (Lipinski definition) is 1. The van der Waals surface area contributed by atoms with Crippen LogP contribution in [0.1, 0.15) is 47.1 Å². The Morgan fingerprint density at radius 1 is 0.789 bits per heavy atom. The van der Waals surface area contributed by atoms with Gasteiger partial charge in [-0.3, -0.25) is 9.59 Å². The summed E-state index contributed by atoms with van der Waals surface area (Å²) < 4.78 is 10.1. The topological polar surface area (TPSA) is 102 Å². The SMILES string of the molecule is COC(=O)c1ccc(N2C(=O)C(Cl)=C(Nc3ccc(C(=O)Oc4ccc(C(C)(C)C)cc4)cc3)C2=O)cc1. The third-order valence-electron chi connectivity index (χ3n) is 5.89. The van der Waals surface area contributed by atoms with E-state index in [4.69, 9.17) is 16.3 Å². The Labute approximate surface area is 224 Å². The predicted molar refractivity (Wildman–Crippen MR) is 143 cm³/mol. The molecule has 0 bridgehead atoms. The minimum Gasteiger partial charge on any atom is -0.465 e. The highest BCUT2D eigenvalue weighted by molar-refractivity contribution is 6.53. The number of amides is 2. The Bertz CT molecular complexity index is 1440. The van der Waals surface area contributed by atoms with E-state index in [1.54, 1.807) is 24.3 Å². The molecule has 8 nitrogen and oxygen atoms in total. The number of rotatable bonds is 6. The van der Waals surface area contributed by atoms with Gasteiger partial charge in [0.15, 0.2) is 0 Å². The van der Waals surface area contributed by atoms with E-state index >= 15 is 0 Å². The van der Waals surface area contributed by atoms with Crippen molar-refractivity contribution in [1.29, 1.82) is 0 Å². The molecule has 0 spiro atoms. The third kappa shape index (κ3) is 5.45. The first-order chi connectivity index (χ1) is 18.0. The number of methoxy groups -OCH3 is 1. The van der Waals surface area contributed by atoms with Crippen LogP contribution in [-0.4, -0.2) is 30.9 Å². The lowest BCUT2D eigenvalue weighted by atomic mass is 9.87. The molecule has 0 saturated heterocycles. The number of halogens is 1. The van der Waals surface area contributed by atoms with Gasteiger partial charge < -0.3 is 14.8 Å². The molecule has 3 aromatic rings. The van der Waals surface area contributed by atoms with E-state index in [9.17, 15) is 19.2 Å². The van der Waals surface area contributed by atoms with E-state index in [-0.39, 0.29) is 27.4 Å². The summed E-state index contributed by atoms with van der Waals surface area (Å²) in [5.41, 5.74) is 2.26. The summed E-state index contributed by atoms with van der Waals surface area (Å²) >= 11 is 6.19. The van der Waals surface area contributed by atoms with Crippen molar-refractivity contribution in [3.8, 4) is 5.75 Å². The second kappa shape index (κ2) is 10.5. The molecule has 194 valence electrons. The van der Waals surface area contributed by atoms with Crippen molar-refractivity contribution in [3.63, 3.8) is 0 Å². The van der Waals surface area contributed by atoms with Crippen LogP contribution >= 0.6 is 11.6 Å². The Morgan fingerprint density at radius 2 is 1.34 bits per heavy atom. The van der Waals surface area contributed by atoms with Crippen LogP contribution in [0.4, 0.5) is 11.4 Å². The van der Waals surface area contributed by atoms with Crippen LogP contribution in [-0.2, 0) is 19.7 Å². The lowest BCUT2D eigenvalue weighted by Crippen LogP contribution is -2.32. The maximum Gasteiger partial charge on any atom is 0.343 e. The zero-order valence-electron chi connectivity index (χ0n) is 21.2. The fourth-order valence-electron chi connectivity index (χ4n) is 3.73. The number of hydrogen-bond acceptors (Lipinski definition) is 7. The number of ether oxygens (including phenoxy) is 2. The minimum atomic E-state index is -0.706. The Hall–Kier alpha value is -4.43. The quantitative estimate of drug-likeness (QED) is 0.257. The van der Waals surface area contributed by atoms with Crippen molar-refractivity contribution in [1.82, 2.24) is 0 Å². The third-order valence-corrected chi connectivity index (χ3v) is 6.25. The first-order valence-corrected chi connectivity index (χ1v) is 12.0. The number of nitrogens with one attached hydrogen (secondary N) is 1. The summed E-state index contributed by atoms with van der Waals surface area (Å²) in [7, 11) is 1.26. The molecule has 0 aliphatic carbocycles. The Morgan fingerprint density at radius 3 is 1.89 bits per heavy atom. The number of nitrogens with zero attached hydrogens (tertiary/aromatic N) is 1. The van der Waals surface area contributed by atoms with Crippen molar-refractivity contribution in [2.24, 2.45) is 0 Å². The fourth-order valence-corrected chi connectivity index (χ4v) is 3.95. The van der Waals surface area contributed by atoms with Crippen molar-refractivity contribution < 1.29 is 28.7 Å². The number of carbonyl (C=O) groups is 4. The molecule has 0 aromatic heterocycles. The number of esters is 2. The van der Waals surface area contributed by atoms with E-state index in [0.717, 1.165) is 10.5 Å². The van der Waals surface area contributed by atoms with Crippen molar-refractivity contribution in [2.45, 2.75) is 26.2 Å². The van der Waals surface area contributed by atoms with Gasteiger partial charge in [0.2, 0.25) is 0 Å². The number of benzene rings is 3. The second-order valence-corrected chi connectivity index (χ2v) is 9.92. The van der Waals surface area contributed by atoms with Crippen molar-refractivity contribution in [2.75, 3.05) is 17.3 Å². The van der Waals surface area contributed by atoms with Crippen LogP contribution in [0, 0.1) is 0 Å². The summed E-state index contributed by atoms with van der Waals surface area (Å²) in [6, 6.07) is 19.3. The highest BCUT2D eigenvalue weighted by Gasteiger charge is 2.39. The molecular weight excluding hydrogens is 508 g/mol. The Kier molecular flexibility index (Phi) is 7.37. The number of imide groups is 1. The van der Waals surface area contributed by atoms with E-state index in [0.29, 0.717) is 17.0 Å². The molecule has 4 rings (SSSR count). The van der Waals surface area contributed by atoms with Crippen LogP contribution in [0.5, 0.6) is 5.75 Å². The van der Waals surface area contributed by atoms with Gasteiger partial charge in [-0.15, -0.1) is 0 Å². The fraction of sp³-hybridized carbons (Fsp3) is 0.172. The molecule has 0 atom stereocenters. The van der Waals surface area contributed by atoms with Gasteiger partial charge in [-0.2, -0.15) is 0 Å². The van der Waals surface area contributed by atoms with Crippen molar-refractivity contribution in [3.05, 3.63) is 100 Å². The highest BCUT2D eigenvalue weighted by atomic mass is 35.5. The van der Waals surface area contributed by atoms with E-state index < -0.39 is 23.8 Å². The zero-order chi connectivity index (χ0) is 27.6. The molecule has 2 amide bonds. The van der Waals surface area contributed by atoms with Gasteiger partial charge >= 0.3 is 11.9 Å². The first-order valence-electron chi connectivity index (χ1n) is 11.7. The van der Waals surface area contributed by atoms with Gasteiger partial charge in [-0.1, -0.05) is 44.5 Å². The molecule has 0 fully saturated rings. The molecule has 1 aliphatic heterocycles.